The van der Waals surface area contributed by atoms with Gasteiger partial charge in [0.15, 0.2) is 0 Å². The Morgan fingerprint density at radius 2 is 2.05 bits per heavy atom. The minimum Gasteiger partial charge on any atom is -0.467 e. The molecule has 4 heteroatoms. The number of hydrogen-bond donors (Lipinski definition) is 1. The molecule has 0 unspecified atom stereocenters. The average Bonchev–Trinajstić information content (AvgIpc) is 2.99. The van der Waals surface area contributed by atoms with Crippen molar-refractivity contribution in [2.45, 2.75) is 33.4 Å². The third-order valence-electron chi connectivity index (χ3n) is 3.44. The summed E-state index contributed by atoms with van der Waals surface area (Å²) in [6.45, 7) is 7.75. The molecule has 0 spiro atoms. The zero-order valence-corrected chi connectivity index (χ0v) is 13.5. The average molecular weight is 307 g/mol. The summed E-state index contributed by atoms with van der Waals surface area (Å²) < 4.78 is 5.47. The maximum absolute atomic E-state index is 6.46. The van der Waals surface area contributed by atoms with Crippen molar-refractivity contribution < 1.29 is 4.42 Å². The molecule has 0 radical (unpaired) electrons. The fraction of sp³-hybridized carbons (Fsp3) is 0.412. The Morgan fingerprint density at radius 3 is 2.71 bits per heavy atom. The fourth-order valence-corrected chi connectivity index (χ4v) is 2.71. The first kappa shape index (κ1) is 15.9. The predicted molar refractivity (Wildman–Crippen MR) is 88.9 cm³/mol. The van der Waals surface area contributed by atoms with Gasteiger partial charge in [0, 0.05) is 13.1 Å². The van der Waals surface area contributed by atoms with Crippen LogP contribution in [0, 0.1) is 0 Å². The van der Waals surface area contributed by atoms with Crippen LogP contribution in [0.1, 0.15) is 31.6 Å². The lowest BCUT2D eigenvalue weighted by molar-refractivity contribution is 0.503. The number of nitrogens with zero attached hydrogens (tertiary/aromatic N) is 1. The molecule has 1 aromatic heterocycles. The lowest BCUT2D eigenvalue weighted by Crippen LogP contribution is -2.25. The van der Waals surface area contributed by atoms with Crippen molar-refractivity contribution in [1.82, 2.24) is 5.32 Å². The van der Waals surface area contributed by atoms with Crippen molar-refractivity contribution in [2.24, 2.45) is 0 Å². The second kappa shape index (κ2) is 8.11. The van der Waals surface area contributed by atoms with Gasteiger partial charge in [0.1, 0.15) is 5.76 Å². The molecule has 2 rings (SSSR count). The molecule has 0 saturated heterocycles. The van der Waals surface area contributed by atoms with E-state index >= 15 is 0 Å². The quantitative estimate of drug-likeness (QED) is 0.730. The summed E-state index contributed by atoms with van der Waals surface area (Å²) in [6.07, 6.45) is 2.83. The first-order valence-corrected chi connectivity index (χ1v) is 7.89. The van der Waals surface area contributed by atoms with E-state index in [2.05, 4.69) is 30.1 Å². The molecular formula is C17H23ClN2O. The van der Waals surface area contributed by atoms with E-state index in [-0.39, 0.29) is 0 Å². The molecule has 0 atom stereocenters. The van der Waals surface area contributed by atoms with Gasteiger partial charge in [0.2, 0.25) is 0 Å². The lowest BCUT2D eigenvalue weighted by Gasteiger charge is -2.26. The molecule has 0 fully saturated rings. The third kappa shape index (κ3) is 4.26. The highest BCUT2D eigenvalue weighted by Gasteiger charge is 2.15. The number of anilines is 1. The smallest absolute Gasteiger partial charge is 0.123 e. The van der Waals surface area contributed by atoms with Crippen LogP contribution in [-0.4, -0.2) is 13.1 Å². The van der Waals surface area contributed by atoms with Crippen LogP contribution >= 0.6 is 11.6 Å². The van der Waals surface area contributed by atoms with Crippen LogP contribution in [-0.2, 0) is 13.1 Å². The molecule has 0 bridgehead atoms. The minimum absolute atomic E-state index is 0.730. The number of hydrogen-bond acceptors (Lipinski definition) is 3. The molecule has 0 amide bonds. The topological polar surface area (TPSA) is 28.4 Å². The van der Waals surface area contributed by atoms with Crippen molar-refractivity contribution in [3.8, 4) is 0 Å². The largest absolute Gasteiger partial charge is 0.467 e. The van der Waals surface area contributed by atoms with E-state index in [0.717, 1.165) is 49.1 Å². The maximum atomic E-state index is 6.46. The van der Waals surface area contributed by atoms with Crippen LogP contribution in [0.2, 0.25) is 5.02 Å². The molecule has 1 N–H and O–H groups in total. The second-order valence-electron chi connectivity index (χ2n) is 5.02. The zero-order chi connectivity index (χ0) is 15.1. The number of benzene rings is 1. The van der Waals surface area contributed by atoms with Gasteiger partial charge in [0.25, 0.3) is 0 Å². The zero-order valence-electron chi connectivity index (χ0n) is 12.7. The Hall–Kier alpha value is -1.45. The van der Waals surface area contributed by atoms with Crippen LogP contribution in [0.15, 0.2) is 41.0 Å². The van der Waals surface area contributed by atoms with E-state index in [1.165, 1.54) is 5.56 Å². The molecule has 1 heterocycles. The summed E-state index contributed by atoms with van der Waals surface area (Å²) in [7, 11) is 0. The molecule has 1 aromatic carbocycles. The van der Waals surface area contributed by atoms with Gasteiger partial charge in [-0.25, -0.2) is 0 Å². The van der Waals surface area contributed by atoms with Crippen molar-refractivity contribution in [3.05, 3.63) is 52.9 Å². The number of furan rings is 1. The van der Waals surface area contributed by atoms with E-state index < -0.39 is 0 Å². The summed E-state index contributed by atoms with van der Waals surface area (Å²) in [5, 5.41) is 4.24. The summed E-state index contributed by atoms with van der Waals surface area (Å²) >= 11 is 6.46. The van der Waals surface area contributed by atoms with E-state index in [4.69, 9.17) is 16.0 Å². The molecule has 21 heavy (non-hydrogen) atoms. The van der Waals surface area contributed by atoms with Gasteiger partial charge in [0.05, 0.1) is 23.5 Å². The van der Waals surface area contributed by atoms with Crippen molar-refractivity contribution in [2.75, 3.05) is 18.0 Å². The Labute approximate surface area is 131 Å². The Kier molecular flexibility index (Phi) is 6.15. The van der Waals surface area contributed by atoms with Gasteiger partial charge in [-0.2, -0.15) is 0 Å². The lowest BCUT2D eigenvalue weighted by atomic mass is 10.1. The van der Waals surface area contributed by atoms with E-state index in [1.807, 2.05) is 24.3 Å². The summed E-state index contributed by atoms with van der Waals surface area (Å²) in [5.74, 6) is 0.948. The highest BCUT2D eigenvalue weighted by molar-refractivity contribution is 6.33. The monoisotopic (exact) mass is 306 g/mol. The summed E-state index contributed by atoms with van der Waals surface area (Å²) in [4.78, 5) is 2.25. The number of rotatable bonds is 8. The highest BCUT2D eigenvalue weighted by Crippen LogP contribution is 2.31. The second-order valence-corrected chi connectivity index (χ2v) is 5.43. The first-order chi connectivity index (χ1) is 10.3. The van der Waals surface area contributed by atoms with E-state index in [0.29, 0.717) is 0 Å². The van der Waals surface area contributed by atoms with Crippen LogP contribution in [0.5, 0.6) is 0 Å². The Balaban J connectivity index is 2.21. The Bertz CT molecular complexity index is 540. The van der Waals surface area contributed by atoms with Crippen molar-refractivity contribution >= 4 is 17.3 Å². The standard InChI is InChI=1S/C17H23ClN2O/c1-3-10-19-12-14-7-5-9-16(18)17(14)20(4-2)13-15-8-6-11-21-15/h5-9,11,19H,3-4,10,12-13H2,1-2H3. The van der Waals surface area contributed by atoms with Crippen molar-refractivity contribution in [3.63, 3.8) is 0 Å². The number of nitrogens with one attached hydrogen (secondary N) is 1. The van der Waals surface area contributed by atoms with Crippen LogP contribution in [0.4, 0.5) is 5.69 Å². The third-order valence-corrected chi connectivity index (χ3v) is 3.74. The fourth-order valence-electron chi connectivity index (χ4n) is 2.40. The Morgan fingerprint density at radius 1 is 1.19 bits per heavy atom. The molecule has 0 aliphatic rings. The highest BCUT2D eigenvalue weighted by atomic mass is 35.5. The number of para-hydroxylation sites is 1. The van der Waals surface area contributed by atoms with Crippen LogP contribution in [0.3, 0.4) is 0 Å². The molecule has 2 aromatic rings. The molecular weight excluding hydrogens is 284 g/mol. The van der Waals surface area contributed by atoms with Gasteiger partial charge in [-0.1, -0.05) is 30.7 Å². The molecule has 0 aliphatic carbocycles. The van der Waals surface area contributed by atoms with Crippen LogP contribution < -0.4 is 10.2 Å². The van der Waals surface area contributed by atoms with Crippen LogP contribution in [0.25, 0.3) is 0 Å². The van der Waals surface area contributed by atoms with Gasteiger partial charge in [-0.15, -0.1) is 0 Å². The van der Waals surface area contributed by atoms with Gasteiger partial charge < -0.3 is 14.6 Å². The molecule has 3 nitrogen and oxygen atoms in total. The van der Waals surface area contributed by atoms with Gasteiger partial charge >= 0.3 is 0 Å². The predicted octanol–water partition coefficient (Wildman–Crippen LogP) is 4.46. The minimum atomic E-state index is 0.730. The first-order valence-electron chi connectivity index (χ1n) is 7.51. The normalized spacial score (nSPS) is 10.8. The maximum Gasteiger partial charge on any atom is 0.123 e. The SMILES string of the molecule is CCCNCc1cccc(Cl)c1N(CC)Cc1ccco1. The van der Waals surface area contributed by atoms with E-state index in [9.17, 15) is 0 Å². The summed E-state index contributed by atoms with van der Waals surface area (Å²) in [6, 6.07) is 10.0. The molecule has 0 saturated carbocycles. The summed E-state index contributed by atoms with van der Waals surface area (Å²) in [5.41, 5.74) is 2.33. The van der Waals surface area contributed by atoms with Gasteiger partial charge in [-0.05, 0) is 43.7 Å². The van der Waals surface area contributed by atoms with E-state index in [1.54, 1.807) is 6.26 Å². The molecule has 0 aliphatic heterocycles. The molecule has 114 valence electrons. The number of halogens is 1. The van der Waals surface area contributed by atoms with Gasteiger partial charge in [-0.3, -0.25) is 0 Å². The van der Waals surface area contributed by atoms with Crippen molar-refractivity contribution in [1.29, 1.82) is 0 Å².